The van der Waals surface area contributed by atoms with Crippen molar-refractivity contribution in [3.05, 3.63) is 23.8 Å². The Morgan fingerprint density at radius 2 is 2.10 bits per heavy atom. The van der Waals surface area contributed by atoms with Crippen LogP contribution >= 0.6 is 0 Å². The molecule has 0 fully saturated rings. The van der Waals surface area contributed by atoms with Crippen molar-refractivity contribution in [2.24, 2.45) is 0 Å². The summed E-state index contributed by atoms with van der Waals surface area (Å²) >= 11 is 0. The molecule has 0 saturated heterocycles. The quantitative estimate of drug-likeness (QED) is 0.878. The molecule has 0 bridgehead atoms. The summed E-state index contributed by atoms with van der Waals surface area (Å²) in [7, 11) is -3.37. The Labute approximate surface area is 122 Å². The predicted molar refractivity (Wildman–Crippen MR) is 82.6 cm³/mol. The first-order valence-electron chi connectivity index (χ1n) is 7.47. The monoisotopic (exact) mass is 296 g/mol. The van der Waals surface area contributed by atoms with Crippen molar-refractivity contribution in [1.29, 1.82) is 0 Å². The number of hydrogen-bond donors (Lipinski definition) is 1. The van der Waals surface area contributed by atoms with Crippen LogP contribution in [0, 0.1) is 0 Å². The first-order valence-corrected chi connectivity index (χ1v) is 8.91. The van der Waals surface area contributed by atoms with Crippen LogP contribution in [0.4, 0.5) is 5.69 Å². The lowest BCUT2D eigenvalue weighted by molar-refractivity contribution is 0.418. The zero-order chi connectivity index (χ0) is 14.6. The molecule has 0 radical (unpaired) electrons. The fourth-order valence-corrected chi connectivity index (χ4v) is 4.40. The van der Waals surface area contributed by atoms with Crippen LogP contribution in [0.15, 0.2) is 23.1 Å². The Morgan fingerprint density at radius 1 is 1.30 bits per heavy atom. The average molecular weight is 296 g/mol. The number of nitrogens with zero attached hydrogens (tertiary/aromatic N) is 1. The van der Waals surface area contributed by atoms with Crippen LogP contribution in [0.1, 0.15) is 38.7 Å². The summed E-state index contributed by atoms with van der Waals surface area (Å²) in [6, 6.07) is 5.54. The molecule has 0 aromatic heterocycles. The van der Waals surface area contributed by atoms with E-state index in [1.165, 1.54) is 0 Å². The summed E-state index contributed by atoms with van der Waals surface area (Å²) in [5, 5.41) is 3.29. The van der Waals surface area contributed by atoms with Gasteiger partial charge in [-0.05, 0) is 37.0 Å². The summed E-state index contributed by atoms with van der Waals surface area (Å²) < 4.78 is 27.3. The SMILES string of the molecule is CCCCN(CC)S(=O)(=O)c1cccc2c1CCCN2. The maximum Gasteiger partial charge on any atom is 0.243 e. The van der Waals surface area contributed by atoms with Crippen molar-refractivity contribution in [1.82, 2.24) is 4.31 Å². The van der Waals surface area contributed by atoms with E-state index in [9.17, 15) is 8.42 Å². The number of nitrogens with one attached hydrogen (secondary N) is 1. The minimum Gasteiger partial charge on any atom is -0.385 e. The van der Waals surface area contributed by atoms with E-state index in [2.05, 4.69) is 12.2 Å². The van der Waals surface area contributed by atoms with E-state index in [1.54, 1.807) is 10.4 Å². The highest BCUT2D eigenvalue weighted by Gasteiger charge is 2.27. The maximum atomic E-state index is 12.8. The lowest BCUT2D eigenvalue weighted by atomic mass is 10.0. The molecule has 0 atom stereocenters. The van der Waals surface area contributed by atoms with Gasteiger partial charge in [0.15, 0.2) is 0 Å². The van der Waals surface area contributed by atoms with Gasteiger partial charge in [0.1, 0.15) is 0 Å². The second-order valence-corrected chi connectivity index (χ2v) is 7.07. The Kier molecular flexibility index (Phi) is 5.05. The van der Waals surface area contributed by atoms with Crippen LogP contribution in [0.2, 0.25) is 0 Å². The molecule has 2 rings (SSSR count). The van der Waals surface area contributed by atoms with Crippen LogP contribution in [0.25, 0.3) is 0 Å². The molecule has 1 aromatic carbocycles. The molecule has 20 heavy (non-hydrogen) atoms. The molecular weight excluding hydrogens is 272 g/mol. The number of sulfonamides is 1. The Bertz CT molecular complexity index is 555. The van der Waals surface area contributed by atoms with Gasteiger partial charge in [-0.2, -0.15) is 4.31 Å². The smallest absolute Gasteiger partial charge is 0.243 e. The number of benzene rings is 1. The zero-order valence-electron chi connectivity index (χ0n) is 12.4. The molecule has 1 aliphatic heterocycles. The summed E-state index contributed by atoms with van der Waals surface area (Å²) in [5.74, 6) is 0. The third kappa shape index (κ3) is 2.99. The fraction of sp³-hybridized carbons (Fsp3) is 0.600. The number of fused-ring (bicyclic) bond motifs is 1. The average Bonchev–Trinajstić information content (AvgIpc) is 2.47. The van der Waals surface area contributed by atoms with E-state index in [-0.39, 0.29) is 0 Å². The molecule has 0 saturated carbocycles. The van der Waals surface area contributed by atoms with Gasteiger partial charge >= 0.3 is 0 Å². The van der Waals surface area contributed by atoms with Gasteiger partial charge in [0, 0.05) is 25.3 Å². The number of unbranched alkanes of at least 4 members (excludes halogenated alkanes) is 1. The van der Waals surface area contributed by atoms with Crippen molar-refractivity contribution >= 4 is 15.7 Å². The number of hydrogen-bond acceptors (Lipinski definition) is 3. The zero-order valence-corrected chi connectivity index (χ0v) is 13.2. The summed E-state index contributed by atoms with van der Waals surface area (Å²) in [4.78, 5) is 0.486. The molecule has 1 aliphatic rings. The molecule has 1 heterocycles. The summed E-state index contributed by atoms with van der Waals surface area (Å²) in [6.45, 7) is 6.03. The summed E-state index contributed by atoms with van der Waals surface area (Å²) in [5.41, 5.74) is 1.93. The van der Waals surface area contributed by atoms with E-state index in [1.807, 2.05) is 19.1 Å². The van der Waals surface area contributed by atoms with Crippen molar-refractivity contribution < 1.29 is 8.42 Å². The highest BCUT2D eigenvalue weighted by Crippen LogP contribution is 2.30. The molecule has 112 valence electrons. The standard InChI is InChI=1S/C15H24N2O2S/c1-3-5-12-17(4-2)20(18,19)15-10-6-9-14-13(15)8-7-11-16-14/h6,9-10,16H,3-5,7-8,11-12H2,1-2H3. The molecule has 0 unspecified atom stereocenters. The Balaban J connectivity index is 2.38. The normalized spacial score (nSPS) is 14.9. The minimum atomic E-state index is -3.37. The Morgan fingerprint density at radius 3 is 2.80 bits per heavy atom. The van der Waals surface area contributed by atoms with Crippen molar-refractivity contribution in [3.63, 3.8) is 0 Å². The van der Waals surface area contributed by atoms with Crippen molar-refractivity contribution in [2.75, 3.05) is 25.0 Å². The molecule has 0 spiro atoms. The van der Waals surface area contributed by atoms with Crippen LogP contribution in [-0.2, 0) is 16.4 Å². The highest BCUT2D eigenvalue weighted by atomic mass is 32.2. The van der Waals surface area contributed by atoms with E-state index in [0.717, 1.165) is 43.5 Å². The van der Waals surface area contributed by atoms with Gasteiger partial charge in [0.05, 0.1) is 4.90 Å². The highest BCUT2D eigenvalue weighted by molar-refractivity contribution is 7.89. The number of rotatable bonds is 6. The van der Waals surface area contributed by atoms with Gasteiger partial charge in [-0.15, -0.1) is 0 Å². The van der Waals surface area contributed by atoms with Crippen LogP contribution in [-0.4, -0.2) is 32.4 Å². The van der Waals surface area contributed by atoms with Gasteiger partial charge in [0.25, 0.3) is 0 Å². The second kappa shape index (κ2) is 6.59. The summed E-state index contributed by atoms with van der Waals surface area (Å²) in [6.07, 6.45) is 3.73. The van der Waals surface area contributed by atoms with Gasteiger partial charge in [0.2, 0.25) is 10.0 Å². The lowest BCUT2D eigenvalue weighted by Crippen LogP contribution is -2.33. The van der Waals surface area contributed by atoms with Gasteiger partial charge in [-0.3, -0.25) is 0 Å². The largest absolute Gasteiger partial charge is 0.385 e. The predicted octanol–water partition coefficient (Wildman–Crippen LogP) is 2.86. The van der Waals surface area contributed by atoms with Crippen LogP contribution in [0.5, 0.6) is 0 Å². The molecule has 1 aromatic rings. The van der Waals surface area contributed by atoms with Crippen LogP contribution < -0.4 is 5.32 Å². The van der Waals surface area contributed by atoms with Gasteiger partial charge in [-0.25, -0.2) is 8.42 Å². The Hall–Kier alpha value is -1.07. The fourth-order valence-electron chi connectivity index (χ4n) is 2.64. The molecule has 1 N–H and O–H groups in total. The molecule has 5 heteroatoms. The second-order valence-electron chi connectivity index (χ2n) is 5.16. The van der Waals surface area contributed by atoms with Crippen LogP contribution in [0.3, 0.4) is 0 Å². The van der Waals surface area contributed by atoms with Gasteiger partial charge in [-0.1, -0.05) is 26.3 Å². The first-order chi connectivity index (χ1) is 9.61. The molecule has 0 amide bonds. The van der Waals surface area contributed by atoms with Gasteiger partial charge < -0.3 is 5.32 Å². The van der Waals surface area contributed by atoms with E-state index >= 15 is 0 Å². The third-order valence-electron chi connectivity index (χ3n) is 3.78. The van der Waals surface area contributed by atoms with E-state index in [4.69, 9.17) is 0 Å². The van der Waals surface area contributed by atoms with Crippen molar-refractivity contribution in [3.8, 4) is 0 Å². The lowest BCUT2D eigenvalue weighted by Gasteiger charge is -2.25. The van der Waals surface area contributed by atoms with Crippen molar-refractivity contribution in [2.45, 2.75) is 44.4 Å². The topological polar surface area (TPSA) is 49.4 Å². The molecule has 4 nitrogen and oxygen atoms in total. The van der Waals surface area contributed by atoms with E-state index in [0.29, 0.717) is 18.0 Å². The first kappa shape index (κ1) is 15.3. The van der Waals surface area contributed by atoms with E-state index < -0.39 is 10.0 Å². The molecule has 0 aliphatic carbocycles. The number of anilines is 1. The maximum absolute atomic E-state index is 12.8. The third-order valence-corrected chi connectivity index (χ3v) is 5.84. The minimum absolute atomic E-state index is 0.486. The molecular formula is C15H24N2O2S.